The average Bonchev–Trinajstić information content (AvgIpc) is 2.98. The van der Waals surface area contributed by atoms with E-state index in [2.05, 4.69) is 4.74 Å². The van der Waals surface area contributed by atoms with Crippen molar-refractivity contribution in [3.05, 3.63) is 95.6 Å². The van der Waals surface area contributed by atoms with E-state index in [0.29, 0.717) is 0 Å². The molecule has 0 atom stereocenters. The molecule has 0 aliphatic heterocycles. The lowest BCUT2D eigenvalue weighted by Gasteiger charge is -2.35. The van der Waals surface area contributed by atoms with Crippen LogP contribution in [-0.4, -0.2) is 66.9 Å². The van der Waals surface area contributed by atoms with Crippen molar-refractivity contribution in [1.82, 2.24) is 0 Å². The monoisotopic (exact) mass is 530 g/mol. The maximum absolute atomic E-state index is 8.47. The molecule has 0 aromatic heterocycles. The van der Waals surface area contributed by atoms with E-state index in [-0.39, 0.29) is 40.8 Å². The Morgan fingerprint density at radius 3 is 1.32 bits per heavy atom. The van der Waals surface area contributed by atoms with Crippen LogP contribution in [0.1, 0.15) is 16.7 Å². The van der Waals surface area contributed by atoms with Crippen LogP contribution >= 0.6 is 0 Å². The number of benzene rings is 3. The summed E-state index contributed by atoms with van der Waals surface area (Å²) in [5.74, 6) is 1.48. The molecule has 10 heteroatoms. The molecule has 0 spiro atoms. The molecule has 3 rings (SSSR count). The Balaban J connectivity index is 1.65. The van der Waals surface area contributed by atoms with Crippen molar-refractivity contribution >= 4 is 0 Å². The lowest BCUT2D eigenvalue weighted by molar-refractivity contribution is -0.224. The lowest BCUT2D eigenvalue weighted by Crippen LogP contribution is -2.34. The molecular weight excluding hydrogens is 496 g/mol. The molecule has 0 heterocycles. The summed E-state index contributed by atoms with van der Waals surface area (Å²) in [6.07, 6.45) is 0. The van der Waals surface area contributed by atoms with Gasteiger partial charge in [-0.15, -0.1) is 0 Å². The predicted molar refractivity (Wildman–Crippen MR) is 136 cm³/mol. The third-order valence-electron chi connectivity index (χ3n) is 5.46. The minimum Gasteiger partial charge on any atom is -0.497 e. The number of aliphatic hydroxyl groups excluding tert-OH is 1. The summed E-state index contributed by atoms with van der Waals surface area (Å²) in [7, 11) is 3.26. The van der Waals surface area contributed by atoms with Gasteiger partial charge in [0.1, 0.15) is 23.9 Å². The molecule has 38 heavy (non-hydrogen) atoms. The second-order valence-corrected chi connectivity index (χ2v) is 7.71. The molecule has 0 fully saturated rings. The first-order chi connectivity index (χ1) is 18.7. The highest BCUT2D eigenvalue weighted by atomic mass is 16.8. The minimum atomic E-state index is -0.982. The largest absolute Gasteiger partial charge is 0.497 e. The molecule has 206 valence electrons. The minimum absolute atomic E-state index is 0.0391. The van der Waals surface area contributed by atoms with Crippen LogP contribution in [0.15, 0.2) is 78.9 Å². The molecular formula is C28H34O10. The Labute approximate surface area is 222 Å². The Morgan fingerprint density at radius 1 is 0.500 bits per heavy atom. The smallest absolute Gasteiger partial charge is 0.152 e. The van der Waals surface area contributed by atoms with Gasteiger partial charge in [-0.05, 0) is 41.0 Å². The van der Waals surface area contributed by atoms with Crippen LogP contribution in [0.4, 0.5) is 0 Å². The Hall–Kier alpha value is -3.06. The summed E-state index contributed by atoms with van der Waals surface area (Å²) >= 11 is 0. The van der Waals surface area contributed by atoms with Gasteiger partial charge in [0.05, 0.1) is 14.2 Å². The number of ether oxygens (including phenoxy) is 9. The van der Waals surface area contributed by atoms with Crippen LogP contribution < -0.4 is 9.47 Å². The van der Waals surface area contributed by atoms with E-state index in [9.17, 15) is 0 Å². The summed E-state index contributed by atoms with van der Waals surface area (Å²) in [4.78, 5) is 0. The van der Waals surface area contributed by atoms with Crippen LogP contribution in [0.2, 0.25) is 0 Å². The van der Waals surface area contributed by atoms with Gasteiger partial charge in [0.15, 0.2) is 40.8 Å². The first kappa shape index (κ1) is 29.5. The second kappa shape index (κ2) is 16.7. The highest BCUT2D eigenvalue weighted by Crippen LogP contribution is 2.41. The molecule has 0 bridgehead atoms. The van der Waals surface area contributed by atoms with E-state index in [4.69, 9.17) is 43.0 Å². The molecule has 0 amide bonds. The van der Waals surface area contributed by atoms with Crippen molar-refractivity contribution in [2.75, 3.05) is 61.8 Å². The van der Waals surface area contributed by atoms with Gasteiger partial charge >= 0.3 is 0 Å². The molecule has 3 aromatic carbocycles. The highest BCUT2D eigenvalue weighted by molar-refractivity contribution is 5.49. The van der Waals surface area contributed by atoms with Crippen molar-refractivity contribution in [1.29, 1.82) is 0 Å². The highest BCUT2D eigenvalue weighted by Gasteiger charge is 2.38. The molecule has 0 aliphatic rings. The van der Waals surface area contributed by atoms with Crippen LogP contribution in [0.5, 0.6) is 11.5 Å². The molecule has 0 unspecified atom stereocenters. The topological polar surface area (TPSA) is 103 Å². The zero-order valence-corrected chi connectivity index (χ0v) is 21.6. The van der Waals surface area contributed by atoms with Crippen molar-refractivity contribution in [2.24, 2.45) is 0 Å². The Kier molecular flexibility index (Phi) is 13.0. The maximum atomic E-state index is 8.47. The van der Waals surface area contributed by atoms with Gasteiger partial charge in [0, 0.05) is 0 Å². The van der Waals surface area contributed by atoms with Crippen LogP contribution in [-0.2, 0) is 38.8 Å². The zero-order chi connectivity index (χ0) is 26.9. The Morgan fingerprint density at radius 2 is 0.895 bits per heavy atom. The number of aliphatic hydroxyl groups is 1. The summed E-state index contributed by atoms with van der Waals surface area (Å²) in [6.45, 7) is -0.740. The van der Waals surface area contributed by atoms with Gasteiger partial charge in [0.2, 0.25) is 0 Å². The molecule has 0 saturated carbocycles. The van der Waals surface area contributed by atoms with Gasteiger partial charge in [-0.3, -0.25) is 0 Å². The second-order valence-electron chi connectivity index (χ2n) is 7.71. The predicted octanol–water partition coefficient (Wildman–Crippen LogP) is 3.81. The molecule has 0 saturated heterocycles. The van der Waals surface area contributed by atoms with Crippen LogP contribution in [0, 0.1) is 0 Å². The SMILES string of the molecule is COc1ccc(C(OCOCOCOCOCOCOCO)(c2ccccc2)c2ccc(OC)cc2)cc1. The summed E-state index contributed by atoms with van der Waals surface area (Å²) in [5.41, 5.74) is 1.73. The fourth-order valence-electron chi connectivity index (χ4n) is 3.71. The quantitative estimate of drug-likeness (QED) is 0.140. The van der Waals surface area contributed by atoms with Gasteiger partial charge < -0.3 is 47.7 Å². The lowest BCUT2D eigenvalue weighted by atomic mass is 9.80. The van der Waals surface area contributed by atoms with E-state index >= 15 is 0 Å². The number of hydrogen-bond donors (Lipinski definition) is 1. The van der Waals surface area contributed by atoms with E-state index in [1.807, 2.05) is 78.9 Å². The first-order valence-electron chi connectivity index (χ1n) is 11.8. The third kappa shape index (κ3) is 8.48. The summed E-state index contributed by atoms with van der Waals surface area (Å²) < 4.78 is 48.0. The van der Waals surface area contributed by atoms with Gasteiger partial charge in [0.25, 0.3) is 0 Å². The molecule has 1 N–H and O–H groups in total. The standard InChI is InChI=1S/C28H34O10/c1-30-26-12-8-24(9-13-26)28(23-6-4-3-5-7-23,25-10-14-27(31-2)15-11-25)38-22-37-21-36-20-35-19-34-18-33-17-32-16-29/h3-15,29H,16-22H2,1-2H3. The third-order valence-corrected chi connectivity index (χ3v) is 5.46. The van der Waals surface area contributed by atoms with E-state index in [0.717, 1.165) is 28.2 Å². The Bertz CT molecular complexity index is 965. The number of hydrogen-bond acceptors (Lipinski definition) is 10. The number of methoxy groups -OCH3 is 2. The maximum Gasteiger partial charge on any atom is 0.152 e. The average molecular weight is 531 g/mol. The summed E-state index contributed by atoms with van der Waals surface area (Å²) in [6, 6.07) is 25.4. The van der Waals surface area contributed by atoms with E-state index < -0.39 is 12.4 Å². The first-order valence-corrected chi connectivity index (χ1v) is 11.8. The normalized spacial score (nSPS) is 11.4. The van der Waals surface area contributed by atoms with Crippen LogP contribution in [0.3, 0.4) is 0 Å². The molecule has 0 radical (unpaired) electrons. The van der Waals surface area contributed by atoms with E-state index in [1.54, 1.807) is 14.2 Å². The molecule has 0 aliphatic carbocycles. The van der Waals surface area contributed by atoms with Crippen molar-refractivity contribution < 1.29 is 47.7 Å². The number of rotatable bonds is 19. The van der Waals surface area contributed by atoms with Crippen molar-refractivity contribution in [2.45, 2.75) is 5.60 Å². The van der Waals surface area contributed by atoms with E-state index in [1.165, 1.54) is 0 Å². The van der Waals surface area contributed by atoms with Gasteiger partial charge in [-0.1, -0.05) is 54.6 Å². The fraction of sp³-hybridized carbons (Fsp3) is 0.357. The van der Waals surface area contributed by atoms with Gasteiger partial charge in [-0.25, -0.2) is 0 Å². The van der Waals surface area contributed by atoms with Crippen LogP contribution in [0.25, 0.3) is 0 Å². The zero-order valence-electron chi connectivity index (χ0n) is 21.6. The molecule has 10 nitrogen and oxygen atoms in total. The fourth-order valence-corrected chi connectivity index (χ4v) is 3.71. The molecule has 3 aromatic rings. The summed E-state index contributed by atoms with van der Waals surface area (Å²) in [5, 5.41) is 8.47. The van der Waals surface area contributed by atoms with Gasteiger partial charge in [-0.2, -0.15) is 0 Å². The van der Waals surface area contributed by atoms with Crippen molar-refractivity contribution in [3.8, 4) is 11.5 Å². The van der Waals surface area contributed by atoms with Crippen molar-refractivity contribution in [3.63, 3.8) is 0 Å².